The predicted molar refractivity (Wildman–Crippen MR) is 264 cm³/mol. The van der Waals surface area contributed by atoms with E-state index in [1.807, 2.05) is 67.6 Å². The zero-order chi connectivity index (χ0) is 47.2. The van der Waals surface area contributed by atoms with Crippen LogP contribution in [0.25, 0.3) is 0 Å². The Hall–Kier alpha value is -4.96. The predicted octanol–water partition coefficient (Wildman–Crippen LogP) is 9.75. The van der Waals surface area contributed by atoms with Crippen LogP contribution in [-0.2, 0) is 31.0 Å². The molecule has 2 aliphatic carbocycles. The summed E-state index contributed by atoms with van der Waals surface area (Å²) in [7, 11) is -4.26. The van der Waals surface area contributed by atoms with Crippen molar-refractivity contribution in [1.29, 1.82) is 0 Å². The van der Waals surface area contributed by atoms with Gasteiger partial charge in [0, 0.05) is 60.9 Å². The van der Waals surface area contributed by atoms with Crippen molar-refractivity contribution in [1.82, 2.24) is 4.31 Å². The molecule has 7 rings (SSSR count). The summed E-state index contributed by atoms with van der Waals surface area (Å²) in [5, 5.41) is 27.7. The van der Waals surface area contributed by atoms with Gasteiger partial charge >= 0.3 is 0 Å². The monoisotopic (exact) mass is 951 g/mol. The van der Waals surface area contributed by atoms with Crippen LogP contribution in [0.2, 0.25) is 0 Å². The molecule has 67 heavy (non-hydrogen) atoms. The van der Waals surface area contributed by atoms with Crippen LogP contribution < -0.4 is 14.8 Å². The molecule has 4 aromatic rings. The number of nitrogens with one attached hydrogen (secondary N) is 1. The molecule has 0 unspecified atom stereocenters. The second kappa shape index (κ2) is 23.9. The molecule has 358 valence electrons. The normalized spacial score (nSPS) is 22.6. The largest absolute Gasteiger partial charge is 0.493 e. The van der Waals surface area contributed by atoms with Crippen LogP contribution in [0.15, 0.2) is 142 Å². The Morgan fingerprint density at radius 1 is 0.970 bits per heavy atom. The topological polar surface area (TPSA) is 156 Å². The van der Waals surface area contributed by atoms with Gasteiger partial charge in [-0.2, -0.15) is 4.31 Å². The summed E-state index contributed by atoms with van der Waals surface area (Å²) in [5.41, 5.74) is 3.85. The fraction of sp³-hybridized carbons (Fsp3) is 0.434. The maximum absolute atomic E-state index is 15.3. The Balaban J connectivity index is 1.40. The minimum absolute atomic E-state index is 0.0000231. The highest BCUT2D eigenvalue weighted by Crippen LogP contribution is 2.62. The average Bonchev–Trinajstić information content (AvgIpc) is 3.33. The number of thioether (sulfide) groups is 1. The standard InChI is InChI=1S/C53H65N3O9S2/c1-4-28-56(67(60,61)44-25-22-41(23-26-44)54-38(3)59)50-36-48(55-64-37-39-16-8-6-9-17-39)46-34-40(18-12-14-29-57)45(21-13-15-30-58)51-47-35-42(62-32-33-66-43-19-10-7-11-20-43)24-27-49(47)65-53(50,52(46)51)63-31-5-2/h5-11,16-17,19-20,22-27,34-35,40,45,50-52,57-58H,2,4,12-15,18,21,28-33,36-37H2,1,3H3,(H,54,59)/t40-,45+,50-,51+,52+,53+/m0/s1. The van der Waals surface area contributed by atoms with E-state index in [9.17, 15) is 15.0 Å². The van der Waals surface area contributed by atoms with Crippen molar-refractivity contribution in [3.63, 3.8) is 0 Å². The number of hydrogen-bond donors (Lipinski definition) is 3. The Morgan fingerprint density at radius 2 is 1.69 bits per heavy atom. The summed E-state index contributed by atoms with van der Waals surface area (Å²) in [6.07, 6.45) is 8.97. The fourth-order valence-electron chi connectivity index (χ4n) is 10.0. The third kappa shape index (κ3) is 11.8. The van der Waals surface area contributed by atoms with Crippen molar-refractivity contribution in [2.24, 2.45) is 22.9 Å². The van der Waals surface area contributed by atoms with Crippen molar-refractivity contribution in [2.45, 2.75) is 99.4 Å². The van der Waals surface area contributed by atoms with Crippen LogP contribution in [0.3, 0.4) is 0 Å². The van der Waals surface area contributed by atoms with Gasteiger partial charge in [-0.1, -0.05) is 85.6 Å². The van der Waals surface area contributed by atoms with E-state index in [2.05, 4.69) is 36.2 Å². The van der Waals surface area contributed by atoms with Crippen molar-refractivity contribution in [2.75, 3.05) is 44.0 Å². The molecule has 1 fully saturated rings. The number of hydrogen-bond acceptors (Lipinski definition) is 11. The lowest BCUT2D eigenvalue weighted by Gasteiger charge is -2.59. The van der Waals surface area contributed by atoms with E-state index in [4.69, 9.17) is 24.2 Å². The molecule has 4 aromatic carbocycles. The molecule has 0 spiro atoms. The summed E-state index contributed by atoms with van der Waals surface area (Å²) in [5.74, 6) is -0.640. The van der Waals surface area contributed by atoms with Gasteiger partial charge in [0.2, 0.25) is 21.7 Å². The van der Waals surface area contributed by atoms with E-state index < -0.39 is 27.8 Å². The lowest BCUT2D eigenvalue weighted by Crippen LogP contribution is -2.70. The highest BCUT2D eigenvalue weighted by molar-refractivity contribution is 7.99. The van der Waals surface area contributed by atoms with E-state index in [1.54, 1.807) is 30.0 Å². The molecule has 1 aliphatic heterocycles. The van der Waals surface area contributed by atoms with Crippen LogP contribution in [0.5, 0.6) is 11.5 Å². The van der Waals surface area contributed by atoms with Crippen LogP contribution in [0.1, 0.15) is 82.3 Å². The summed E-state index contributed by atoms with van der Waals surface area (Å²) in [4.78, 5) is 19.3. The zero-order valence-corrected chi connectivity index (χ0v) is 40.3. The number of ether oxygens (including phenoxy) is 3. The molecule has 3 N–H and O–H groups in total. The van der Waals surface area contributed by atoms with Crippen molar-refractivity contribution < 1.29 is 42.5 Å². The molecule has 0 aromatic heterocycles. The van der Waals surface area contributed by atoms with Crippen molar-refractivity contribution >= 4 is 39.1 Å². The Bertz CT molecular complexity index is 2420. The second-order valence-electron chi connectivity index (χ2n) is 17.4. The second-order valence-corrected chi connectivity index (χ2v) is 20.4. The third-order valence-electron chi connectivity index (χ3n) is 12.8. The number of carbonyl (C=O) groups is 1. The van der Waals surface area contributed by atoms with Crippen LogP contribution in [-0.4, -0.2) is 85.1 Å². The number of anilines is 1. The lowest BCUT2D eigenvalue weighted by atomic mass is 9.55. The number of unbranched alkanes of at least 4 members (excludes halogenated alkanes) is 2. The Labute approximate surface area is 400 Å². The van der Waals surface area contributed by atoms with Crippen LogP contribution >= 0.6 is 11.8 Å². The maximum atomic E-state index is 15.3. The zero-order valence-electron chi connectivity index (χ0n) is 38.6. The molecule has 0 saturated heterocycles. The third-order valence-corrected chi connectivity index (χ3v) is 15.7. The number of amides is 1. The van der Waals surface area contributed by atoms with Crippen molar-refractivity contribution in [3.8, 4) is 11.5 Å². The molecule has 1 amide bonds. The van der Waals surface area contributed by atoms with E-state index in [-0.39, 0.29) is 67.9 Å². The number of fused-ring (bicyclic) bond motifs is 2. The van der Waals surface area contributed by atoms with Crippen LogP contribution in [0, 0.1) is 17.8 Å². The summed E-state index contributed by atoms with van der Waals surface area (Å²) >= 11 is 1.73. The minimum atomic E-state index is -4.26. The van der Waals surface area contributed by atoms with Gasteiger partial charge in [0.25, 0.3) is 0 Å². The lowest BCUT2D eigenvalue weighted by molar-refractivity contribution is -0.251. The number of allylic oxidation sites excluding steroid dienone is 1. The first-order chi connectivity index (χ1) is 32.6. The quantitative estimate of drug-likeness (QED) is 0.0253. The van der Waals surface area contributed by atoms with Gasteiger partial charge in [-0.25, -0.2) is 8.42 Å². The molecular formula is C53H65N3O9S2. The van der Waals surface area contributed by atoms with E-state index in [0.717, 1.165) is 48.1 Å². The molecule has 14 heteroatoms. The van der Waals surface area contributed by atoms with Crippen molar-refractivity contribution in [3.05, 3.63) is 139 Å². The van der Waals surface area contributed by atoms with Gasteiger partial charge in [0.1, 0.15) is 18.1 Å². The molecule has 3 aliphatic rings. The Kier molecular flexibility index (Phi) is 17.8. The molecule has 1 saturated carbocycles. The number of carbonyl (C=O) groups excluding carboxylic acids is 1. The average molecular weight is 952 g/mol. The van der Waals surface area contributed by atoms with Gasteiger partial charge in [-0.15, -0.1) is 18.3 Å². The highest BCUT2D eigenvalue weighted by atomic mass is 32.2. The first-order valence-electron chi connectivity index (χ1n) is 23.6. The van der Waals surface area contributed by atoms with E-state index in [1.165, 1.54) is 28.3 Å². The van der Waals surface area contributed by atoms with E-state index >= 15 is 8.42 Å². The van der Waals surface area contributed by atoms with Crippen LogP contribution in [0.4, 0.5) is 5.69 Å². The molecule has 0 bridgehead atoms. The summed E-state index contributed by atoms with van der Waals surface area (Å²) in [6.45, 7) is 8.42. The number of oxime groups is 1. The smallest absolute Gasteiger partial charge is 0.243 e. The van der Waals surface area contributed by atoms with E-state index in [0.29, 0.717) is 48.8 Å². The molecule has 0 radical (unpaired) electrons. The van der Waals surface area contributed by atoms with Gasteiger partial charge in [0.05, 0.1) is 35.8 Å². The van der Waals surface area contributed by atoms with Gasteiger partial charge in [-0.05, 0) is 110 Å². The number of aliphatic hydroxyl groups is 2. The summed E-state index contributed by atoms with van der Waals surface area (Å²) in [6, 6.07) is 31.2. The maximum Gasteiger partial charge on any atom is 0.243 e. The SMILES string of the molecule is C=CCO[C@@]12Oc3ccc(OCCSc4ccccc4)cc3[C@H]3[C@H](CCCCO)[C@@H](CCCCO)C=C(C(=NOCc4ccccc4)C[C@@H]1N(CCC)S(=O)(=O)c1ccc(NC(C)=O)cc1)[C@H]32. The number of sulfonamides is 1. The minimum Gasteiger partial charge on any atom is -0.493 e. The first-order valence-corrected chi connectivity index (χ1v) is 26.0. The Morgan fingerprint density at radius 3 is 2.37 bits per heavy atom. The number of benzene rings is 4. The number of nitrogens with zero attached hydrogens (tertiary/aromatic N) is 2. The van der Waals surface area contributed by atoms with Gasteiger partial charge in [0.15, 0.2) is 0 Å². The highest BCUT2D eigenvalue weighted by Gasteiger charge is 2.66. The fourth-order valence-corrected chi connectivity index (χ4v) is 12.5. The summed E-state index contributed by atoms with van der Waals surface area (Å²) < 4.78 is 53.1. The molecular weight excluding hydrogens is 887 g/mol. The van der Waals surface area contributed by atoms with Gasteiger partial charge < -0.3 is 34.6 Å². The number of rotatable bonds is 25. The molecule has 6 atom stereocenters. The number of aliphatic hydroxyl groups excluding tert-OH is 2. The van der Waals surface area contributed by atoms with Gasteiger partial charge in [-0.3, -0.25) is 4.79 Å². The molecule has 1 heterocycles. The molecule has 12 nitrogen and oxygen atoms in total. The first kappa shape index (κ1) is 49.9.